The van der Waals surface area contributed by atoms with Crippen LogP contribution < -0.4 is 5.32 Å². The van der Waals surface area contributed by atoms with Gasteiger partial charge in [-0.25, -0.2) is 0 Å². The molecule has 2 aromatic rings. The van der Waals surface area contributed by atoms with Crippen LogP contribution in [0.1, 0.15) is 11.3 Å². The van der Waals surface area contributed by atoms with E-state index in [0.717, 1.165) is 22.2 Å². The Labute approximate surface area is 94.1 Å². The molecule has 2 heterocycles. The Bertz CT molecular complexity index is 547. The van der Waals surface area contributed by atoms with Crippen molar-refractivity contribution in [3.05, 3.63) is 41.6 Å². The molecule has 2 N–H and O–H groups in total. The number of aromatic nitrogens is 1. The SMILES string of the molecule is Cc1ccc2cc(C3(O)CNC3)ccc2n1. The van der Waals surface area contributed by atoms with E-state index in [1.807, 2.05) is 31.2 Å². The van der Waals surface area contributed by atoms with Gasteiger partial charge in [-0.1, -0.05) is 12.1 Å². The predicted molar refractivity (Wildman–Crippen MR) is 63.2 cm³/mol. The highest BCUT2D eigenvalue weighted by Gasteiger charge is 2.36. The van der Waals surface area contributed by atoms with E-state index in [9.17, 15) is 5.11 Å². The van der Waals surface area contributed by atoms with Crippen molar-refractivity contribution in [1.82, 2.24) is 10.3 Å². The van der Waals surface area contributed by atoms with Gasteiger partial charge in [0.25, 0.3) is 0 Å². The molecule has 1 aromatic heterocycles. The maximum absolute atomic E-state index is 10.2. The highest BCUT2D eigenvalue weighted by molar-refractivity contribution is 5.79. The summed E-state index contributed by atoms with van der Waals surface area (Å²) >= 11 is 0. The van der Waals surface area contributed by atoms with Crippen molar-refractivity contribution in [3.8, 4) is 0 Å². The average molecular weight is 214 g/mol. The molecule has 0 spiro atoms. The van der Waals surface area contributed by atoms with Crippen LogP contribution in [0.15, 0.2) is 30.3 Å². The molecule has 0 aliphatic carbocycles. The molecule has 3 nitrogen and oxygen atoms in total. The number of benzene rings is 1. The Morgan fingerprint density at radius 3 is 2.75 bits per heavy atom. The van der Waals surface area contributed by atoms with Crippen molar-refractivity contribution in [2.75, 3.05) is 13.1 Å². The molecule has 0 bridgehead atoms. The molecular formula is C13H14N2O. The zero-order chi connectivity index (χ0) is 11.2. The van der Waals surface area contributed by atoms with Crippen LogP contribution in [-0.2, 0) is 5.60 Å². The number of aryl methyl sites for hydroxylation is 1. The van der Waals surface area contributed by atoms with Gasteiger partial charge in [-0.2, -0.15) is 0 Å². The summed E-state index contributed by atoms with van der Waals surface area (Å²) in [7, 11) is 0. The van der Waals surface area contributed by atoms with Crippen LogP contribution in [0.4, 0.5) is 0 Å². The van der Waals surface area contributed by atoms with Crippen LogP contribution in [0.25, 0.3) is 10.9 Å². The maximum Gasteiger partial charge on any atom is 0.114 e. The number of pyridine rings is 1. The van der Waals surface area contributed by atoms with Crippen LogP contribution in [0.2, 0.25) is 0 Å². The van der Waals surface area contributed by atoms with Gasteiger partial charge in [-0.3, -0.25) is 4.98 Å². The first-order valence-electron chi connectivity index (χ1n) is 5.48. The van der Waals surface area contributed by atoms with Crippen molar-refractivity contribution in [2.45, 2.75) is 12.5 Å². The number of rotatable bonds is 1. The first kappa shape index (κ1) is 9.75. The van der Waals surface area contributed by atoms with E-state index in [1.165, 1.54) is 0 Å². The third kappa shape index (κ3) is 1.40. The minimum atomic E-state index is -0.681. The molecule has 1 aromatic carbocycles. The summed E-state index contributed by atoms with van der Waals surface area (Å²) in [6, 6.07) is 10.0. The fraction of sp³-hybridized carbons (Fsp3) is 0.308. The Kier molecular flexibility index (Phi) is 1.99. The Morgan fingerprint density at radius 2 is 2.06 bits per heavy atom. The zero-order valence-electron chi connectivity index (χ0n) is 9.20. The van der Waals surface area contributed by atoms with Gasteiger partial charge in [0.1, 0.15) is 5.60 Å². The van der Waals surface area contributed by atoms with E-state index in [-0.39, 0.29) is 0 Å². The Hall–Kier alpha value is -1.45. The van der Waals surface area contributed by atoms with Crippen molar-refractivity contribution in [3.63, 3.8) is 0 Å². The molecule has 16 heavy (non-hydrogen) atoms. The van der Waals surface area contributed by atoms with Gasteiger partial charge in [0.2, 0.25) is 0 Å². The van der Waals surface area contributed by atoms with E-state index >= 15 is 0 Å². The fourth-order valence-corrected chi connectivity index (χ4v) is 2.08. The van der Waals surface area contributed by atoms with Gasteiger partial charge in [-0.05, 0) is 30.7 Å². The van der Waals surface area contributed by atoms with Crippen LogP contribution in [0, 0.1) is 6.92 Å². The number of fused-ring (bicyclic) bond motifs is 1. The molecule has 0 unspecified atom stereocenters. The van der Waals surface area contributed by atoms with Gasteiger partial charge < -0.3 is 10.4 Å². The molecule has 1 saturated heterocycles. The summed E-state index contributed by atoms with van der Waals surface area (Å²) in [6.07, 6.45) is 0. The molecule has 1 fully saturated rings. The molecule has 3 rings (SSSR count). The maximum atomic E-state index is 10.2. The summed E-state index contributed by atoms with van der Waals surface area (Å²) in [5, 5.41) is 14.4. The summed E-state index contributed by atoms with van der Waals surface area (Å²) in [5.74, 6) is 0. The summed E-state index contributed by atoms with van der Waals surface area (Å²) in [5.41, 5.74) is 2.30. The molecule has 0 radical (unpaired) electrons. The standard InChI is InChI=1S/C13H14N2O/c1-9-2-3-10-6-11(4-5-12(10)15-9)13(16)7-14-8-13/h2-6,14,16H,7-8H2,1H3. The molecule has 1 aliphatic rings. The third-order valence-corrected chi connectivity index (χ3v) is 3.20. The number of β-amino-alcohol motifs (C(OH)–C–C–N with tert-alkyl or cyclic N) is 1. The minimum Gasteiger partial charge on any atom is -0.382 e. The zero-order valence-corrected chi connectivity index (χ0v) is 9.20. The van der Waals surface area contributed by atoms with Crippen molar-refractivity contribution in [2.24, 2.45) is 0 Å². The van der Waals surface area contributed by atoms with Gasteiger partial charge >= 0.3 is 0 Å². The van der Waals surface area contributed by atoms with E-state index in [1.54, 1.807) is 0 Å². The number of nitrogens with zero attached hydrogens (tertiary/aromatic N) is 1. The first-order valence-corrected chi connectivity index (χ1v) is 5.48. The normalized spacial score (nSPS) is 18.4. The summed E-state index contributed by atoms with van der Waals surface area (Å²) in [4.78, 5) is 4.45. The molecular weight excluding hydrogens is 200 g/mol. The number of nitrogens with one attached hydrogen (secondary N) is 1. The first-order chi connectivity index (χ1) is 7.67. The highest BCUT2D eigenvalue weighted by atomic mass is 16.3. The van der Waals surface area contributed by atoms with Gasteiger partial charge in [-0.15, -0.1) is 0 Å². The number of hydrogen-bond acceptors (Lipinski definition) is 3. The van der Waals surface area contributed by atoms with Crippen molar-refractivity contribution in [1.29, 1.82) is 0 Å². The van der Waals surface area contributed by atoms with E-state index in [0.29, 0.717) is 13.1 Å². The lowest BCUT2D eigenvalue weighted by atomic mass is 9.87. The second-order valence-electron chi connectivity index (χ2n) is 4.50. The number of hydrogen-bond donors (Lipinski definition) is 2. The predicted octanol–water partition coefficient (Wildman–Crippen LogP) is 1.33. The smallest absolute Gasteiger partial charge is 0.114 e. The Balaban J connectivity index is 2.12. The highest BCUT2D eigenvalue weighted by Crippen LogP contribution is 2.27. The summed E-state index contributed by atoms with van der Waals surface area (Å²) < 4.78 is 0. The van der Waals surface area contributed by atoms with E-state index < -0.39 is 5.60 Å². The van der Waals surface area contributed by atoms with Crippen molar-refractivity contribution >= 4 is 10.9 Å². The van der Waals surface area contributed by atoms with Crippen LogP contribution >= 0.6 is 0 Å². The lowest BCUT2D eigenvalue weighted by Crippen LogP contribution is -2.56. The van der Waals surface area contributed by atoms with Crippen molar-refractivity contribution < 1.29 is 5.11 Å². The monoisotopic (exact) mass is 214 g/mol. The van der Waals surface area contributed by atoms with Gasteiger partial charge in [0.15, 0.2) is 0 Å². The summed E-state index contributed by atoms with van der Waals surface area (Å²) in [6.45, 7) is 3.26. The van der Waals surface area contributed by atoms with E-state index in [4.69, 9.17) is 0 Å². The third-order valence-electron chi connectivity index (χ3n) is 3.20. The largest absolute Gasteiger partial charge is 0.382 e. The lowest BCUT2D eigenvalue weighted by molar-refractivity contribution is -0.0145. The lowest BCUT2D eigenvalue weighted by Gasteiger charge is -2.38. The van der Waals surface area contributed by atoms with Gasteiger partial charge in [0, 0.05) is 24.2 Å². The molecule has 1 aliphatic heterocycles. The second kappa shape index (κ2) is 3.27. The molecule has 0 amide bonds. The van der Waals surface area contributed by atoms with E-state index in [2.05, 4.69) is 16.4 Å². The molecule has 0 atom stereocenters. The number of aliphatic hydroxyl groups is 1. The molecule has 0 saturated carbocycles. The van der Waals surface area contributed by atoms with Gasteiger partial charge in [0.05, 0.1) is 5.52 Å². The van der Waals surface area contributed by atoms with Crippen LogP contribution in [0.5, 0.6) is 0 Å². The second-order valence-corrected chi connectivity index (χ2v) is 4.50. The van der Waals surface area contributed by atoms with Crippen LogP contribution in [-0.4, -0.2) is 23.2 Å². The quantitative estimate of drug-likeness (QED) is 0.753. The average Bonchev–Trinajstić information content (AvgIpc) is 2.25. The topological polar surface area (TPSA) is 45.1 Å². The minimum absolute atomic E-state index is 0.637. The Morgan fingerprint density at radius 1 is 1.25 bits per heavy atom. The van der Waals surface area contributed by atoms with Crippen LogP contribution in [0.3, 0.4) is 0 Å². The molecule has 82 valence electrons. The fourth-order valence-electron chi connectivity index (χ4n) is 2.08. The molecule has 3 heteroatoms.